The van der Waals surface area contributed by atoms with Crippen molar-refractivity contribution in [2.75, 3.05) is 38.5 Å². The summed E-state index contributed by atoms with van der Waals surface area (Å²) in [4.78, 5) is 7.01. The van der Waals surface area contributed by atoms with Crippen LogP contribution in [0.15, 0.2) is 35.3 Å². The van der Waals surface area contributed by atoms with Crippen LogP contribution in [0.3, 0.4) is 0 Å². The highest BCUT2D eigenvalue weighted by Gasteiger charge is 2.25. The zero-order valence-corrected chi connectivity index (χ0v) is 20.8. The van der Waals surface area contributed by atoms with E-state index < -0.39 is 10.8 Å². The van der Waals surface area contributed by atoms with Crippen LogP contribution in [0.25, 0.3) is 0 Å². The first-order chi connectivity index (χ1) is 12.9. The van der Waals surface area contributed by atoms with Crippen LogP contribution in [0.4, 0.5) is 0 Å². The number of ether oxygens (including phenoxy) is 1. The van der Waals surface area contributed by atoms with E-state index >= 15 is 0 Å². The summed E-state index contributed by atoms with van der Waals surface area (Å²) in [5.41, 5.74) is 1.22. The van der Waals surface area contributed by atoms with Gasteiger partial charge in [-0.05, 0) is 39.7 Å². The van der Waals surface area contributed by atoms with Gasteiger partial charge in [-0.15, -0.1) is 24.0 Å². The fourth-order valence-electron chi connectivity index (χ4n) is 3.05. The summed E-state index contributed by atoms with van der Waals surface area (Å²) in [5.74, 6) is 2.07. The maximum Gasteiger partial charge on any atom is 0.193 e. The molecule has 160 valence electrons. The lowest BCUT2D eigenvalue weighted by atomic mass is 10.1. The predicted molar refractivity (Wildman–Crippen MR) is 130 cm³/mol. The molecular formula is C21H36IN3O2S. The van der Waals surface area contributed by atoms with Crippen LogP contribution in [0.5, 0.6) is 0 Å². The molecule has 1 aromatic carbocycles. The standard InChI is InChI=1S/C21H35N3O2S.HI/c1-5-22-20(23-12-14-27(25)21(2,3)4)24-13-11-19(15-24)17-26-16-18-9-7-6-8-10-18;/h6-10,19H,5,11-17H2,1-4H3,(H,22,23);1H. The van der Waals surface area contributed by atoms with E-state index in [0.717, 1.165) is 38.6 Å². The van der Waals surface area contributed by atoms with Gasteiger partial charge < -0.3 is 15.0 Å². The van der Waals surface area contributed by atoms with Crippen molar-refractivity contribution >= 4 is 40.7 Å². The molecule has 2 atom stereocenters. The Hall–Kier alpha value is -0.670. The minimum atomic E-state index is -0.862. The number of guanidine groups is 1. The van der Waals surface area contributed by atoms with Gasteiger partial charge in [0.25, 0.3) is 0 Å². The lowest BCUT2D eigenvalue weighted by Gasteiger charge is -2.22. The number of hydrogen-bond acceptors (Lipinski definition) is 3. The van der Waals surface area contributed by atoms with Crippen LogP contribution >= 0.6 is 24.0 Å². The molecule has 2 unspecified atom stereocenters. The Balaban J connectivity index is 0.00000392. The van der Waals surface area contributed by atoms with Crippen molar-refractivity contribution in [1.29, 1.82) is 0 Å². The molecule has 5 nitrogen and oxygen atoms in total. The lowest BCUT2D eigenvalue weighted by Crippen LogP contribution is -2.40. The summed E-state index contributed by atoms with van der Waals surface area (Å²) in [6.07, 6.45) is 1.12. The number of nitrogens with zero attached hydrogens (tertiary/aromatic N) is 2. The molecule has 28 heavy (non-hydrogen) atoms. The van der Waals surface area contributed by atoms with E-state index in [1.165, 1.54) is 5.56 Å². The van der Waals surface area contributed by atoms with E-state index in [0.29, 0.717) is 24.8 Å². The molecule has 1 heterocycles. The van der Waals surface area contributed by atoms with Crippen molar-refractivity contribution in [2.24, 2.45) is 10.9 Å². The molecule has 7 heteroatoms. The van der Waals surface area contributed by atoms with Crippen LogP contribution < -0.4 is 5.32 Å². The van der Waals surface area contributed by atoms with Crippen molar-refractivity contribution < 1.29 is 8.95 Å². The third-order valence-corrected chi connectivity index (χ3v) is 6.53. The third-order valence-electron chi connectivity index (χ3n) is 4.61. The van der Waals surface area contributed by atoms with Crippen LogP contribution in [0.2, 0.25) is 0 Å². The summed E-state index contributed by atoms with van der Waals surface area (Å²) >= 11 is 0. The van der Waals surface area contributed by atoms with Crippen molar-refractivity contribution in [2.45, 2.75) is 45.5 Å². The maximum absolute atomic E-state index is 12.2. The van der Waals surface area contributed by atoms with Gasteiger partial charge in [-0.3, -0.25) is 9.20 Å². The Bertz CT molecular complexity index is 620. The van der Waals surface area contributed by atoms with Gasteiger partial charge in [0.15, 0.2) is 5.96 Å². The van der Waals surface area contributed by atoms with E-state index in [1.807, 2.05) is 39.0 Å². The Labute approximate surface area is 190 Å². The maximum atomic E-state index is 12.2. The van der Waals surface area contributed by atoms with Gasteiger partial charge >= 0.3 is 0 Å². The molecule has 2 rings (SSSR count). The Morgan fingerprint density at radius 2 is 2.04 bits per heavy atom. The number of benzene rings is 1. The highest BCUT2D eigenvalue weighted by atomic mass is 127. The first-order valence-corrected chi connectivity index (χ1v) is 11.3. The smallest absolute Gasteiger partial charge is 0.193 e. The molecule has 1 saturated heterocycles. The number of likely N-dealkylation sites (tertiary alicyclic amines) is 1. The number of aliphatic imine (C=N–C) groups is 1. The van der Waals surface area contributed by atoms with E-state index in [4.69, 9.17) is 9.73 Å². The number of halogens is 1. The fraction of sp³-hybridized carbons (Fsp3) is 0.667. The normalized spacial score (nSPS) is 18.6. The topological polar surface area (TPSA) is 53.9 Å². The third kappa shape index (κ3) is 8.78. The minimum Gasteiger partial charge on any atom is -0.376 e. The Morgan fingerprint density at radius 1 is 1.32 bits per heavy atom. The Kier molecular flexibility index (Phi) is 11.6. The number of nitrogens with one attached hydrogen (secondary N) is 1. The SMILES string of the molecule is CCNC(=NCCS(=O)C(C)(C)C)N1CCC(COCc2ccccc2)C1.I. The zero-order valence-electron chi connectivity index (χ0n) is 17.6. The largest absolute Gasteiger partial charge is 0.376 e. The molecule has 0 saturated carbocycles. The minimum absolute atomic E-state index is 0. The quantitative estimate of drug-likeness (QED) is 0.323. The van der Waals surface area contributed by atoms with Gasteiger partial charge in [0, 0.05) is 46.9 Å². The first kappa shape index (κ1) is 25.4. The molecule has 0 amide bonds. The van der Waals surface area contributed by atoms with Crippen molar-refractivity contribution in [3.8, 4) is 0 Å². The predicted octanol–water partition coefficient (Wildman–Crippen LogP) is 3.66. The highest BCUT2D eigenvalue weighted by molar-refractivity contribution is 14.0. The molecule has 0 radical (unpaired) electrons. The van der Waals surface area contributed by atoms with Gasteiger partial charge in [-0.2, -0.15) is 0 Å². The molecule has 1 fully saturated rings. The lowest BCUT2D eigenvalue weighted by molar-refractivity contribution is 0.0907. The molecule has 1 N–H and O–H groups in total. The average Bonchev–Trinajstić information content (AvgIpc) is 3.10. The van der Waals surface area contributed by atoms with Crippen LogP contribution in [0, 0.1) is 5.92 Å². The van der Waals surface area contributed by atoms with Crippen molar-refractivity contribution in [3.63, 3.8) is 0 Å². The summed E-state index contributed by atoms with van der Waals surface area (Å²) in [6, 6.07) is 10.3. The van der Waals surface area contributed by atoms with Gasteiger partial charge in [-0.25, -0.2) is 0 Å². The number of hydrogen-bond donors (Lipinski definition) is 1. The fourth-order valence-corrected chi connectivity index (χ4v) is 3.91. The Morgan fingerprint density at radius 3 is 2.68 bits per heavy atom. The first-order valence-electron chi connectivity index (χ1n) is 9.93. The summed E-state index contributed by atoms with van der Waals surface area (Å²) in [5, 5.41) is 3.38. The van der Waals surface area contributed by atoms with E-state index in [2.05, 4.69) is 29.3 Å². The second kappa shape index (κ2) is 12.8. The molecule has 0 spiro atoms. The van der Waals surface area contributed by atoms with Gasteiger partial charge in [-0.1, -0.05) is 30.3 Å². The molecule has 1 aromatic rings. The van der Waals surface area contributed by atoms with Gasteiger partial charge in [0.1, 0.15) is 0 Å². The van der Waals surface area contributed by atoms with E-state index in [1.54, 1.807) is 0 Å². The molecule has 0 aliphatic carbocycles. The number of rotatable bonds is 8. The second-order valence-electron chi connectivity index (χ2n) is 8.00. The van der Waals surface area contributed by atoms with Crippen LogP contribution in [-0.4, -0.2) is 58.4 Å². The second-order valence-corrected chi connectivity index (χ2v) is 10.3. The van der Waals surface area contributed by atoms with Gasteiger partial charge in [0.05, 0.1) is 19.8 Å². The van der Waals surface area contributed by atoms with E-state index in [9.17, 15) is 4.21 Å². The zero-order chi connectivity index (χ0) is 19.7. The van der Waals surface area contributed by atoms with Crippen LogP contribution in [-0.2, 0) is 22.1 Å². The summed E-state index contributed by atoms with van der Waals surface area (Å²) in [6.45, 7) is 13.0. The van der Waals surface area contributed by atoms with Crippen molar-refractivity contribution in [1.82, 2.24) is 10.2 Å². The molecule has 1 aliphatic rings. The summed E-state index contributed by atoms with van der Waals surface area (Å²) < 4.78 is 17.9. The van der Waals surface area contributed by atoms with Crippen molar-refractivity contribution in [3.05, 3.63) is 35.9 Å². The molecule has 0 aromatic heterocycles. The monoisotopic (exact) mass is 521 g/mol. The van der Waals surface area contributed by atoms with E-state index in [-0.39, 0.29) is 28.7 Å². The molecule has 1 aliphatic heterocycles. The average molecular weight is 522 g/mol. The molecule has 0 bridgehead atoms. The highest BCUT2D eigenvalue weighted by Crippen LogP contribution is 2.17. The summed E-state index contributed by atoms with van der Waals surface area (Å²) in [7, 11) is -0.862. The molecular weight excluding hydrogens is 485 g/mol. The van der Waals surface area contributed by atoms with Crippen LogP contribution in [0.1, 0.15) is 39.7 Å². The van der Waals surface area contributed by atoms with Gasteiger partial charge in [0.2, 0.25) is 0 Å².